The summed E-state index contributed by atoms with van der Waals surface area (Å²) >= 11 is 0. The number of aromatic nitrogens is 2. The summed E-state index contributed by atoms with van der Waals surface area (Å²) in [4.78, 5) is 0. The molecule has 118 valence electrons. The van der Waals surface area contributed by atoms with Crippen LogP contribution in [0.25, 0.3) is 11.1 Å². The van der Waals surface area contributed by atoms with Crippen molar-refractivity contribution >= 4 is 5.82 Å². The number of nitrogen functional groups attached to an aromatic ring is 1. The zero-order valence-corrected chi connectivity index (χ0v) is 12.9. The van der Waals surface area contributed by atoms with Crippen molar-refractivity contribution in [1.82, 2.24) is 9.78 Å². The van der Waals surface area contributed by atoms with Crippen LogP contribution in [0.4, 0.5) is 5.82 Å². The summed E-state index contributed by atoms with van der Waals surface area (Å²) < 4.78 is 18.7. The lowest BCUT2D eigenvalue weighted by molar-refractivity contribution is 0.0246. The van der Waals surface area contributed by atoms with Crippen LogP contribution in [-0.4, -0.2) is 36.2 Å². The van der Waals surface area contributed by atoms with Crippen molar-refractivity contribution in [2.45, 2.75) is 18.9 Å². The molecule has 0 saturated carbocycles. The van der Waals surface area contributed by atoms with Crippen molar-refractivity contribution in [3.63, 3.8) is 0 Å². The monoisotopic (exact) mass is 303 g/mol. The highest BCUT2D eigenvalue weighted by Crippen LogP contribution is 2.40. The molecular formula is C16H21N3O3. The van der Waals surface area contributed by atoms with Gasteiger partial charge in [-0.25, -0.2) is 0 Å². The molecule has 0 amide bonds. The maximum Gasteiger partial charge on any atom is 0.168 e. The van der Waals surface area contributed by atoms with Gasteiger partial charge in [0.1, 0.15) is 11.9 Å². The topological polar surface area (TPSA) is 71.5 Å². The van der Waals surface area contributed by atoms with Gasteiger partial charge in [0, 0.05) is 31.0 Å². The highest BCUT2D eigenvalue weighted by atomic mass is 16.5. The van der Waals surface area contributed by atoms with E-state index in [1.165, 1.54) is 0 Å². The number of benzene rings is 1. The van der Waals surface area contributed by atoms with Gasteiger partial charge in [0.05, 0.1) is 26.5 Å². The fraction of sp³-hybridized carbons (Fsp3) is 0.438. The molecule has 2 N–H and O–H groups in total. The van der Waals surface area contributed by atoms with Crippen LogP contribution in [0.2, 0.25) is 0 Å². The Morgan fingerprint density at radius 3 is 2.68 bits per heavy atom. The van der Waals surface area contributed by atoms with E-state index in [0.717, 1.165) is 42.9 Å². The number of aryl methyl sites for hydroxylation is 1. The highest BCUT2D eigenvalue weighted by molar-refractivity contribution is 5.80. The van der Waals surface area contributed by atoms with E-state index in [4.69, 9.17) is 19.9 Å². The predicted octanol–water partition coefficient (Wildman–Crippen LogP) is 2.24. The number of nitrogens with zero attached hydrogens (tertiary/aromatic N) is 2. The molecule has 2 heterocycles. The molecule has 0 aliphatic carbocycles. The fourth-order valence-corrected chi connectivity index (χ4v) is 2.66. The molecule has 1 fully saturated rings. The zero-order chi connectivity index (χ0) is 15.5. The summed E-state index contributed by atoms with van der Waals surface area (Å²) in [5.41, 5.74) is 7.81. The first-order valence-electron chi connectivity index (χ1n) is 7.40. The Morgan fingerprint density at radius 2 is 2.05 bits per heavy atom. The van der Waals surface area contributed by atoms with Gasteiger partial charge in [-0.1, -0.05) is 12.1 Å². The standard InChI is InChI=1S/C16H21N3O3/c1-19-16(17)13(10-18-19)12-4-3-5-14(15(12)20-2)22-11-6-8-21-9-7-11/h3-5,10-11H,6-9,17H2,1-2H3. The molecule has 0 unspecified atom stereocenters. The van der Waals surface area contributed by atoms with Crippen molar-refractivity contribution in [3.8, 4) is 22.6 Å². The SMILES string of the molecule is COc1c(OC2CCOCC2)cccc1-c1cnn(C)c1N. The molecule has 22 heavy (non-hydrogen) atoms. The maximum absolute atomic E-state index is 6.11. The first-order chi connectivity index (χ1) is 10.7. The molecule has 6 nitrogen and oxygen atoms in total. The Balaban J connectivity index is 1.94. The molecule has 3 rings (SSSR count). The summed E-state index contributed by atoms with van der Waals surface area (Å²) in [6.45, 7) is 1.48. The first-order valence-corrected chi connectivity index (χ1v) is 7.40. The van der Waals surface area contributed by atoms with E-state index in [1.807, 2.05) is 25.2 Å². The van der Waals surface area contributed by atoms with Gasteiger partial charge in [-0.05, 0) is 6.07 Å². The van der Waals surface area contributed by atoms with E-state index in [-0.39, 0.29) is 6.10 Å². The average Bonchev–Trinajstić information content (AvgIpc) is 2.88. The van der Waals surface area contributed by atoms with Crippen LogP contribution >= 0.6 is 0 Å². The number of hydrogen-bond donors (Lipinski definition) is 1. The summed E-state index contributed by atoms with van der Waals surface area (Å²) in [5.74, 6) is 2.02. The molecule has 1 aliphatic heterocycles. The van der Waals surface area contributed by atoms with Crippen LogP contribution in [0.5, 0.6) is 11.5 Å². The second kappa shape index (κ2) is 6.27. The molecule has 0 atom stereocenters. The Kier molecular flexibility index (Phi) is 4.20. The maximum atomic E-state index is 6.11. The van der Waals surface area contributed by atoms with Crippen LogP contribution in [-0.2, 0) is 11.8 Å². The highest BCUT2D eigenvalue weighted by Gasteiger charge is 2.20. The fourth-order valence-electron chi connectivity index (χ4n) is 2.66. The molecule has 1 aromatic carbocycles. The van der Waals surface area contributed by atoms with Crippen LogP contribution in [0.15, 0.2) is 24.4 Å². The Bertz CT molecular complexity index is 648. The number of ether oxygens (including phenoxy) is 3. The molecular weight excluding hydrogens is 282 g/mol. The van der Waals surface area contributed by atoms with E-state index in [9.17, 15) is 0 Å². The van der Waals surface area contributed by atoms with Gasteiger partial charge in [0.2, 0.25) is 0 Å². The number of rotatable bonds is 4. The molecule has 1 aromatic heterocycles. The molecule has 2 aromatic rings. The van der Waals surface area contributed by atoms with Gasteiger partial charge in [0.15, 0.2) is 11.5 Å². The Labute approximate surface area is 129 Å². The van der Waals surface area contributed by atoms with Gasteiger partial charge in [-0.15, -0.1) is 0 Å². The van der Waals surface area contributed by atoms with Crippen LogP contribution < -0.4 is 15.2 Å². The summed E-state index contributed by atoms with van der Waals surface area (Å²) in [7, 11) is 3.45. The van der Waals surface area contributed by atoms with Crippen molar-refractivity contribution in [2.75, 3.05) is 26.1 Å². The number of anilines is 1. The zero-order valence-electron chi connectivity index (χ0n) is 12.9. The van der Waals surface area contributed by atoms with Crippen molar-refractivity contribution in [1.29, 1.82) is 0 Å². The number of para-hydroxylation sites is 1. The summed E-state index contributed by atoms with van der Waals surface area (Å²) in [6.07, 6.45) is 3.68. The van der Waals surface area contributed by atoms with E-state index in [1.54, 1.807) is 18.0 Å². The number of hydrogen-bond acceptors (Lipinski definition) is 5. The lowest BCUT2D eigenvalue weighted by atomic mass is 10.1. The number of nitrogens with two attached hydrogens (primary N) is 1. The molecule has 0 radical (unpaired) electrons. The number of methoxy groups -OCH3 is 1. The van der Waals surface area contributed by atoms with Crippen LogP contribution in [0, 0.1) is 0 Å². The van der Waals surface area contributed by atoms with Crippen molar-refractivity contribution in [2.24, 2.45) is 7.05 Å². The van der Waals surface area contributed by atoms with Crippen LogP contribution in [0.1, 0.15) is 12.8 Å². The molecule has 0 bridgehead atoms. The molecule has 1 aliphatic rings. The Hall–Kier alpha value is -2.21. The average molecular weight is 303 g/mol. The molecule has 0 spiro atoms. The third-order valence-electron chi connectivity index (χ3n) is 3.92. The lowest BCUT2D eigenvalue weighted by Crippen LogP contribution is -2.26. The second-order valence-corrected chi connectivity index (χ2v) is 5.33. The van der Waals surface area contributed by atoms with E-state index < -0.39 is 0 Å². The smallest absolute Gasteiger partial charge is 0.168 e. The van der Waals surface area contributed by atoms with Gasteiger partial charge in [0.25, 0.3) is 0 Å². The largest absolute Gasteiger partial charge is 0.492 e. The predicted molar refractivity (Wildman–Crippen MR) is 84.1 cm³/mol. The van der Waals surface area contributed by atoms with Gasteiger partial charge >= 0.3 is 0 Å². The minimum absolute atomic E-state index is 0.157. The van der Waals surface area contributed by atoms with E-state index >= 15 is 0 Å². The normalized spacial score (nSPS) is 15.7. The third kappa shape index (κ3) is 2.74. The van der Waals surface area contributed by atoms with Gasteiger partial charge in [-0.3, -0.25) is 4.68 Å². The van der Waals surface area contributed by atoms with Gasteiger partial charge in [-0.2, -0.15) is 5.10 Å². The van der Waals surface area contributed by atoms with Crippen molar-refractivity contribution in [3.05, 3.63) is 24.4 Å². The quantitative estimate of drug-likeness (QED) is 0.938. The second-order valence-electron chi connectivity index (χ2n) is 5.33. The lowest BCUT2D eigenvalue weighted by Gasteiger charge is -2.24. The first kappa shape index (κ1) is 14.7. The van der Waals surface area contributed by atoms with Crippen LogP contribution in [0.3, 0.4) is 0 Å². The minimum Gasteiger partial charge on any atom is -0.492 e. The van der Waals surface area contributed by atoms with Crippen molar-refractivity contribution < 1.29 is 14.2 Å². The summed E-state index contributed by atoms with van der Waals surface area (Å²) in [6, 6.07) is 5.83. The molecule has 6 heteroatoms. The summed E-state index contributed by atoms with van der Waals surface area (Å²) in [5, 5.41) is 4.19. The Morgan fingerprint density at radius 1 is 1.27 bits per heavy atom. The van der Waals surface area contributed by atoms with Gasteiger partial charge < -0.3 is 19.9 Å². The van der Waals surface area contributed by atoms with E-state index in [0.29, 0.717) is 11.6 Å². The van der Waals surface area contributed by atoms with E-state index in [2.05, 4.69) is 5.10 Å². The molecule has 1 saturated heterocycles. The minimum atomic E-state index is 0.157. The third-order valence-corrected chi connectivity index (χ3v) is 3.92.